The number of benzene rings is 1. The molecule has 0 aliphatic carbocycles. The maximum atomic E-state index is 10.8. The zero-order valence-corrected chi connectivity index (χ0v) is 12.4. The Balaban J connectivity index is 1.64. The number of rotatable bonds is 4. The van der Waals surface area contributed by atoms with Crippen LogP contribution in [-0.2, 0) is 11.3 Å². The second-order valence-corrected chi connectivity index (χ2v) is 5.84. The van der Waals surface area contributed by atoms with Gasteiger partial charge in [0.15, 0.2) is 0 Å². The lowest BCUT2D eigenvalue weighted by Crippen LogP contribution is -2.33. The molecule has 2 heterocycles. The fourth-order valence-electron chi connectivity index (χ4n) is 2.61. The molecule has 0 atom stereocenters. The molecule has 2 aromatic rings. The first-order chi connectivity index (χ1) is 10.2. The van der Waals surface area contributed by atoms with Crippen molar-refractivity contribution in [1.82, 2.24) is 9.88 Å². The summed E-state index contributed by atoms with van der Waals surface area (Å²) in [5.41, 5.74) is 1.79. The predicted molar refractivity (Wildman–Crippen MR) is 81.0 cm³/mol. The van der Waals surface area contributed by atoms with Gasteiger partial charge in [-0.1, -0.05) is 17.7 Å². The molecule has 1 aliphatic rings. The summed E-state index contributed by atoms with van der Waals surface area (Å²) < 4.78 is 5.54. The highest BCUT2D eigenvalue weighted by Gasteiger charge is 2.19. The molecule has 5 heteroatoms. The van der Waals surface area contributed by atoms with E-state index in [0.29, 0.717) is 10.9 Å². The van der Waals surface area contributed by atoms with Crippen molar-refractivity contribution < 1.29 is 9.21 Å². The lowest BCUT2D eigenvalue weighted by Gasteiger charge is -2.28. The summed E-state index contributed by atoms with van der Waals surface area (Å²) in [6.45, 7) is 2.63. The van der Waals surface area contributed by atoms with E-state index in [4.69, 9.17) is 16.0 Å². The fraction of sp³-hybridized carbons (Fsp3) is 0.375. The number of aromatic nitrogens is 1. The van der Waals surface area contributed by atoms with E-state index in [-0.39, 0.29) is 5.92 Å². The molecule has 1 aliphatic heterocycles. The molecule has 0 N–H and O–H groups in total. The van der Waals surface area contributed by atoms with Crippen LogP contribution in [0.4, 0.5) is 0 Å². The van der Waals surface area contributed by atoms with Crippen LogP contribution in [0.3, 0.4) is 0 Å². The first-order valence-electron chi connectivity index (χ1n) is 7.12. The zero-order chi connectivity index (χ0) is 14.7. The first kappa shape index (κ1) is 14.3. The SMILES string of the molecule is O=CC1CCN(Cc2coc(-c3cccc(Cl)c3)n2)CC1. The molecule has 0 spiro atoms. The molecule has 0 radical (unpaired) electrons. The van der Waals surface area contributed by atoms with Crippen LogP contribution in [0.25, 0.3) is 11.5 Å². The smallest absolute Gasteiger partial charge is 0.226 e. The molecular formula is C16H17ClN2O2. The van der Waals surface area contributed by atoms with Gasteiger partial charge in [-0.15, -0.1) is 0 Å². The molecule has 1 saturated heterocycles. The molecule has 0 amide bonds. The molecule has 1 fully saturated rings. The van der Waals surface area contributed by atoms with E-state index in [1.165, 1.54) is 0 Å². The molecule has 1 aromatic carbocycles. The summed E-state index contributed by atoms with van der Waals surface area (Å²) in [7, 11) is 0. The van der Waals surface area contributed by atoms with E-state index in [0.717, 1.165) is 50.0 Å². The third kappa shape index (κ3) is 3.52. The Morgan fingerprint density at radius 2 is 2.19 bits per heavy atom. The molecule has 3 rings (SSSR count). The van der Waals surface area contributed by atoms with Crippen molar-refractivity contribution >= 4 is 17.9 Å². The average molecular weight is 305 g/mol. The van der Waals surface area contributed by atoms with E-state index >= 15 is 0 Å². The number of aldehydes is 1. The van der Waals surface area contributed by atoms with Crippen LogP contribution in [0, 0.1) is 5.92 Å². The maximum absolute atomic E-state index is 10.8. The lowest BCUT2D eigenvalue weighted by molar-refractivity contribution is -0.112. The zero-order valence-electron chi connectivity index (χ0n) is 11.7. The molecule has 1 aromatic heterocycles. The summed E-state index contributed by atoms with van der Waals surface area (Å²) in [5.74, 6) is 0.816. The molecule has 110 valence electrons. The minimum atomic E-state index is 0.223. The van der Waals surface area contributed by atoms with Crippen LogP contribution in [0.1, 0.15) is 18.5 Å². The summed E-state index contributed by atoms with van der Waals surface area (Å²) in [4.78, 5) is 17.6. The summed E-state index contributed by atoms with van der Waals surface area (Å²) in [6.07, 6.45) is 4.64. The van der Waals surface area contributed by atoms with Crippen molar-refractivity contribution in [3.63, 3.8) is 0 Å². The predicted octanol–water partition coefficient (Wildman–Crippen LogP) is 3.41. The first-order valence-corrected chi connectivity index (χ1v) is 7.50. The fourth-order valence-corrected chi connectivity index (χ4v) is 2.80. The van der Waals surface area contributed by atoms with E-state index in [2.05, 4.69) is 9.88 Å². The highest BCUT2D eigenvalue weighted by atomic mass is 35.5. The number of hydrogen-bond donors (Lipinski definition) is 0. The van der Waals surface area contributed by atoms with Crippen molar-refractivity contribution in [3.8, 4) is 11.5 Å². The number of carbonyl (C=O) groups is 1. The van der Waals surface area contributed by atoms with Crippen LogP contribution in [0.15, 0.2) is 34.9 Å². The number of carbonyl (C=O) groups excluding carboxylic acids is 1. The second kappa shape index (κ2) is 6.41. The summed E-state index contributed by atoms with van der Waals surface area (Å²) in [6, 6.07) is 7.47. The van der Waals surface area contributed by atoms with Gasteiger partial charge in [-0.3, -0.25) is 4.90 Å². The van der Waals surface area contributed by atoms with Gasteiger partial charge in [0.2, 0.25) is 5.89 Å². The lowest BCUT2D eigenvalue weighted by atomic mass is 9.99. The maximum Gasteiger partial charge on any atom is 0.226 e. The minimum absolute atomic E-state index is 0.223. The third-order valence-electron chi connectivity index (χ3n) is 3.83. The van der Waals surface area contributed by atoms with Gasteiger partial charge in [0.1, 0.15) is 12.5 Å². The van der Waals surface area contributed by atoms with Crippen molar-refractivity contribution in [2.75, 3.05) is 13.1 Å². The minimum Gasteiger partial charge on any atom is -0.444 e. The van der Waals surface area contributed by atoms with Gasteiger partial charge in [0, 0.05) is 23.0 Å². The number of hydrogen-bond acceptors (Lipinski definition) is 4. The highest BCUT2D eigenvalue weighted by Crippen LogP contribution is 2.23. The van der Waals surface area contributed by atoms with Crippen molar-refractivity contribution in [3.05, 3.63) is 41.2 Å². The number of nitrogens with zero attached hydrogens (tertiary/aromatic N) is 2. The number of halogens is 1. The van der Waals surface area contributed by atoms with Gasteiger partial charge >= 0.3 is 0 Å². The standard InChI is InChI=1S/C16H17ClN2O2/c17-14-3-1-2-13(8-14)16-18-15(11-21-16)9-19-6-4-12(10-20)5-7-19/h1-3,8,10-12H,4-7,9H2. The van der Waals surface area contributed by atoms with E-state index in [1.54, 1.807) is 6.26 Å². The Morgan fingerprint density at radius 1 is 1.38 bits per heavy atom. The van der Waals surface area contributed by atoms with Gasteiger partial charge in [0.25, 0.3) is 0 Å². The van der Waals surface area contributed by atoms with Gasteiger partial charge in [-0.2, -0.15) is 0 Å². The van der Waals surface area contributed by atoms with Crippen molar-refractivity contribution in [2.24, 2.45) is 5.92 Å². The van der Waals surface area contributed by atoms with Crippen molar-refractivity contribution in [1.29, 1.82) is 0 Å². The Hall–Kier alpha value is -1.65. The normalized spacial score (nSPS) is 17.0. The highest BCUT2D eigenvalue weighted by molar-refractivity contribution is 6.30. The third-order valence-corrected chi connectivity index (χ3v) is 4.07. The summed E-state index contributed by atoms with van der Waals surface area (Å²) in [5, 5.41) is 0.670. The van der Waals surface area contributed by atoms with Gasteiger partial charge in [-0.05, 0) is 44.1 Å². The van der Waals surface area contributed by atoms with Gasteiger partial charge < -0.3 is 9.21 Å². The van der Waals surface area contributed by atoms with Gasteiger partial charge in [0.05, 0.1) is 5.69 Å². The molecule has 0 saturated carbocycles. The Kier molecular flexibility index (Phi) is 4.36. The van der Waals surface area contributed by atoms with Crippen molar-refractivity contribution in [2.45, 2.75) is 19.4 Å². The molecule has 21 heavy (non-hydrogen) atoms. The second-order valence-electron chi connectivity index (χ2n) is 5.40. The molecule has 0 bridgehead atoms. The number of piperidine rings is 1. The van der Waals surface area contributed by atoms with E-state index < -0.39 is 0 Å². The van der Waals surface area contributed by atoms with Crippen LogP contribution >= 0.6 is 11.6 Å². The average Bonchev–Trinajstić information content (AvgIpc) is 2.97. The van der Waals surface area contributed by atoms with Crippen LogP contribution in [0.2, 0.25) is 5.02 Å². The van der Waals surface area contributed by atoms with Crippen LogP contribution in [-0.4, -0.2) is 29.3 Å². The number of likely N-dealkylation sites (tertiary alicyclic amines) is 1. The van der Waals surface area contributed by atoms with Crippen LogP contribution in [0.5, 0.6) is 0 Å². The van der Waals surface area contributed by atoms with E-state index in [9.17, 15) is 4.79 Å². The largest absolute Gasteiger partial charge is 0.444 e. The van der Waals surface area contributed by atoms with Crippen LogP contribution < -0.4 is 0 Å². The summed E-state index contributed by atoms with van der Waals surface area (Å²) >= 11 is 5.98. The Morgan fingerprint density at radius 3 is 2.90 bits per heavy atom. The van der Waals surface area contributed by atoms with E-state index in [1.807, 2.05) is 24.3 Å². The van der Waals surface area contributed by atoms with Gasteiger partial charge in [-0.25, -0.2) is 4.98 Å². The monoisotopic (exact) mass is 304 g/mol. The molecular weight excluding hydrogens is 288 g/mol. The Bertz CT molecular complexity index is 618. The topological polar surface area (TPSA) is 46.3 Å². The molecule has 0 unspecified atom stereocenters. The molecule has 4 nitrogen and oxygen atoms in total. The number of oxazole rings is 1. The quantitative estimate of drug-likeness (QED) is 0.812. The Labute approximate surface area is 128 Å².